The number of aliphatic carboxylic acids is 1. The number of hydrogen-bond donors (Lipinski definition) is 1. The number of nitrogens with one attached hydrogen (secondary N) is 1. The largest absolute Gasteiger partial charge is 0.546 e. The summed E-state index contributed by atoms with van der Waals surface area (Å²) in [7, 11) is 0. The Labute approximate surface area is 159 Å². The molecule has 2 aromatic rings. The molecule has 26 heavy (non-hydrogen) atoms. The number of carbonyl (C=O) groups is 2. The van der Waals surface area contributed by atoms with Crippen molar-refractivity contribution in [2.24, 2.45) is 0 Å². The van der Waals surface area contributed by atoms with Gasteiger partial charge in [-0.25, -0.2) is 0 Å². The number of amides is 1. The van der Waals surface area contributed by atoms with Gasteiger partial charge in [0.25, 0.3) is 5.91 Å². The zero-order valence-electron chi connectivity index (χ0n) is 13.2. The second kappa shape index (κ2) is 8.90. The van der Waals surface area contributed by atoms with E-state index in [1.165, 1.54) is 30.3 Å². The van der Waals surface area contributed by atoms with Crippen LogP contribution in [0.2, 0.25) is 10.0 Å². The second-order valence-electron chi connectivity index (χ2n) is 4.98. The molecule has 0 saturated carbocycles. The van der Waals surface area contributed by atoms with Crippen LogP contribution in [0.1, 0.15) is 5.56 Å². The van der Waals surface area contributed by atoms with E-state index in [2.05, 4.69) is 5.32 Å². The molecule has 0 aliphatic heterocycles. The molecule has 0 radical (unpaired) electrons. The van der Waals surface area contributed by atoms with Crippen LogP contribution >= 0.6 is 23.2 Å². The van der Waals surface area contributed by atoms with Crippen LogP contribution in [0.5, 0.6) is 5.75 Å². The number of rotatable bonds is 6. The lowest BCUT2D eigenvalue weighted by Crippen LogP contribution is -2.29. The van der Waals surface area contributed by atoms with Gasteiger partial charge in [0.1, 0.15) is 24.0 Å². The molecule has 132 valence electrons. The van der Waals surface area contributed by atoms with Crippen molar-refractivity contribution in [3.63, 3.8) is 0 Å². The van der Waals surface area contributed by atoms with Gasteiger partial charge in [-0.1, -0.05) is 41.4 Å². The van der Waals surface area contributed by atoms with Crippen molar-refractivity contribution >= 4 is 46.8 Å². The van der Waals surface area contributed by atoms with Crippen LogP contribution in [0.15, 0.2) is 48.0 Å². The minimum absolute atomic E-state index is 0.197. The molecular weight excluding hydrogens is 379 g/mol. The van der Waals surface area contributed by atoms with Gasteiger partial charge in [-0.05, 0) is 30.3 Å². The summed E-state index contributed by atoms with van der Waals surface area (Å²) in [5.74, 6) is -1.87. The van der Waals surface area contributed by atoms with Crippen molar-refractivity contribution in [3.05, 3.63) is 63.6 Å². The van der Waals surface area contributed by atoms with Gasteiger partial charge in [-0.15, -0.1) is 0 Å². The van der Waals surface area contributed by atoms with Gasteiger partial charge >= 0.3 is 0 Å². The van der Waals surface area contributed by atoms with E-state index in [1.54, 1.807) is 24.3 Å². The summed E-state index contributed by atoms with van der Waals surface area (Å²) in [6.07, 6.45) is 1.28. The first-order valence-electron chi connectivity index (χ1n) is 7.20. The minimum Gasteiger partial charge on any atom is -0.546 e. The lowest BCUT2D eigenvalue weighted by Gasteiger charge is -2.10. The maximum Gasteiger partial charge on any atom is 0.266 e. The summed E-state index contributed by atoms with van der Waals surface area (Å²) in [5.41, 5.74) is 0.477. The summed E-state index contributed by atoms with van der Waals surface area (Å²) < 4.78 is 5.09. The number of carboxylic acids is 1. The summed E-state index contributed by atoms with van der Waals surface area (Å²) in [6.45, 7) is -0.653. The zero-order chi connectivity index (χ0) is 19.1. The van der Waals surface area contributed by atoms with Crippen molar-refractivity contribution in [2.75, 3.05) is 11.9 Å². The first kappa shape index (κ1) is 19.3. The van der Waals surface area contributed by atoms with Gasteiger partial charge in [0.2, 0.25) is 0 Å². The predicted molar refractivity (Wildman–Crippen MR) is 95.6 cm³/mol. The number of ether oxygens (including phenoxy) is 1. The molecule has 1 N–H and O–H groups in total. The third-order valence-electron chi connectivity index (χ3n) is 3.05. The highest BCUT2D eigenvalue weighted by molar-refractivity contribution is 6.35. The van der Waals surface area contributed by atoms with Gasteiger partial charge in [0.05, 0.1) is 5.97 Å². The highest BCUT2D eigenvalue weighted by Crippen LogP contribution is 2.24. The predicted octanol–water partition coefficient (Wildman–Crippen LogP) is 2.67. The SMILES string of the molecule is N#C/C(=C\c1ccccc1OCC(=O)[O-])C(=O)Nc1cc(Cl)cc(Cl)c1. The van der Waals surface area contributed by atoms with Crippen molar-refractivity contribution < 1.29 is 19.4 Å². The van der Waals surface area contributed by atoms with Gasteiger partial charge in [0, 0.05) is 21.3 Å². The van der Waals surface area contributed by atoms with Crippen LogP contribution in [0, 0.1) is 11.3 Å². The molecule has 0 saturated heterocycles. The number of anilines is 1. The first-order valence-corrected chi connectivity index (χ1v) is 7.95. The van der Waals surface area contributed by atoms with Crippen molar-refractivity contribution in [1.82, 2.24) is 0 Å². The Morgan fingerprint density at radius 2 is 1.85 bits per heavy atom. The Hall–Kier alpha value is -3.01. The highest BCUT2D eigenvalue weighted by Gasteiger charge is 2.12. The summed E-state index contributed by atoms with van der Waals surface area (Å²) in [6, 6.07) is 12.6. The summed E-state index contributed by atoms with van der Waals surface area (Å²) in [5, 5.41) is 23.0. The Morgan fingerprint density at radius 3 is 2.46 bits per heavy atom. The van der Waals surface area contributed by atoms with E-state index < -0.39 is 18.5 Å². The molecule has 0 bridgehead atoms. The molecular formula is C18H11Cl2N2O4-. The lowest BCUT2D eigenvalue weighted by atomic mass is 10.1. The van der Waals surface area contributed by atoms with Crippen LogP contribution in [0.25, 0.3) is 6.08 Å². The molecule has 0 aliphatic carbocycles. The van der Waals surface area contributed by atoms with Crippen LogP contribution in [-0.4, -0.2) is 18.5 Å². The molecule has 0 atom stereocenters. The molecule has 0 aromatic heterocycles. The number of nitriles is 1. The van der Waals surface area contributed by atoms with Crippen LogP contribution in [0.4, 0.5) is 5.69 Å². The van der Waals surface area contributed by atoms with Gasteiger partial charge in [-0.3, -0.25) is 4.79 Å². The van der Waals surface area contributed by atoms with Crippen LogP contribution in [-0.2, 0) is 9.59 Å². The third-order valence-corrected chi connectivity index (χ3v) is 3.49. The Kier molecular flexibility index (Phi) is 6.61. The lowest BCUT2D eigenvalue weighted by molar-refractivity contribution is -0.307. The highest BCUT2D eigenvalue weighted by atomic mass is 35.5. The van der Waals surface area contributed by atoms with Crippen molar-refractivity contribution in [1.29, 1.82) is 5.26 Å². The van der Waals surface area contributed by atoms with E-state index in [1.807, 2.05) is 0 Å². The maximum atomic E-state index is 12.3. The van der Waals surface area contributed by atoms with Crippen LogP contribution in [0.3, 0.4) is 0 Å². The van der Waals surface area contributed by atoms with Crippen LogP contribution < -0.4 is 15.2 Å². The molecule has 0 unspecified atom stereocenters. The standard InChI is InChI=1S/C18H12Cl2N2O4/c19-13-6-14(20)8-15(7-13)22-18(25)12(9-21)5-11-3-1-2-4-16(11)26-10-17(23)24/h1-8H,10H2,(H,22,25)(H,23,24)/p-1/b12-5+. The fourth-order valence-corrected chi connectivity index (χ4v) is 2.52. The fraction of sp³-hybridized carbons (Fsp3) is 0.0556. The second-order valence-corrected chi connectivity index (χ2v) is 5.85. The fourth-order valence-electron chi connectivity index (χ4n) is 2.00. The number of halogens is 2. The van der Waals surface area contributed by atoms with Gasteiger partial charge < -0.3 is 20.0 Å². The molecule has 0 aliphatic rings. The summed E-state index contributed by atoms with van der Waals surface area (Å²) >= 11 is 11.7. The van der Waals surface area contributed by atoms with E-state index in [0.717, 1.165) is 0 Å². The number of para-hydroxylation sites is 1. The molecule has 8 heteroatoms. The maximum absolute atomic E-state index is 12.3. The number of carbonyl (C=O) groups excluding carboxylic acids is 2. The topological polar surface area (TPSA) is 102 Å². The Morgan fingerprint density at radius 1 is 1.19 bits per heavy atom. The van der Waals surface area contributed by atoms with Gasteiger partial charge in [-0.2, -0.15) is 5.26 Å². The zero-order valence-corrected chi connectivity index (χ0v) is 14.7. The van der Waals surface area contributed by atoms with Gasteiger partial charge in [0.15, 0.2) is 0 Å². The van der Waals surface area contributed by atoms with E-state index in [9.17, 15) is 20.0 Å². The smallest absolute Gasteiger partial charge is 0.266 e. The monoisotopic (exact) mass is 389 g/mol. The Bertz CT molecular complexity index is 899. The summed E-state index contributed by atoms with van der Waals surface area (Å²) in [4.78, 5) is 22.9. The molecule has 1 amide bonds. The molecule has 2 rings (SSSR count). The Balaban J connectivity index is 2.26. The third kappa shape index (κ3) is 5.52. The molecule has 2 aromatic carbocycles. The van der Waals surface area contributed by atoms with Crippen molar-refractivity contribution in [2.45, 2.75) is 0 Å². The number of nitrogens with zero attached hydrogens (tertiary/aromatic N) is 1. The van der Waals surface area contributed by atoms with E-state index in [-0.39, 0.29) is 11.3 Å². The average molecular weight is 390 g/mol. The average Bonchev–Trinajstić information content (AvgIpc) is 2.57. The molecule has 6 nitrogen and oxygen atoms in total. The van der Waals surface area contributed by atoms with E-state index in [4.69, 9.17) is 27.9 Å². The first-order chi connectivity index (χ1) is 12.4. The number of carboxylic acid groups (broad SMARTS) is 1. The van der Waals surface area contributed by atoms with Crippen molar-refractivity contribution in [3.8, 4) is 11.8 Å². The number of hydrogen-bond acceptors (Lipinski definition) is 5. The minimum atomic E-state index is -1.39. The quantitative estimate of drug-likeness (QED) is 0.604. The number of benzene rings is 2. The molecule has 0 fully saturated rings. The van der Waals surface area contributed by atoms with E-state index >= 15 is 0 Å². The van der Waals surface area contributed by atoms with E-state index in [0.29, 0.717) is 21.3 Å². The molecule has 0 heterocycles. The molecule has 0 spiro atoms. The normalized spacial score (nSPS) is 10.7.